The van der Waals surface area contributed by atoms with E-state index in [0.717, 1.165) is 22.6 Å². The number of hydrogen-bond donors (Lipinski definition) is 0. The summed E-state index contributed by atoms with van der Waals surface area (Å²) in [5.41, 5.74) is 2.84. The summed E-state index contributed by atoms with van der Waals surface area (Å²) < 4.78 is 2.12. The first-order valence-electron chi connectivity index (χ1n) is 5.66. The molecule has 16 heavy (non-hydrogen) atoms. The van der Waals surface area contributed by atoms with Gasteiger partial charge in [-0.1, -0.05) is 0 Å². The number of carbonyl (C=O) groups excluding carboxylic acids is 1. The Labute approximate surface area is 94.1 Å². The molecule has 0 radical (unpaired) electrons. The van der Waals surface area contributed by atoms with Crippen molar-refractivity contribution < 1.29 is 4.79 Å². The lowest BCUT2D eigenvalue weighted by Gasteiger charge is -2.01. The van der Waals surface area contributed by atoms with E-state index in [2.05, 4.69) is 9.38 Å². The molecule has 3 nitrogen and oxygen atoms in total. The molecule has 0 bridgehead atoms. The summed E-state index contributed by atoms with van der Waals surface area (Å²) in [5, 5.41) is 0. The molecular formula is C13H14N2O. The summed E-state index contributed by atoms with van der Waals surface area (Å²) in [7, 11) is 0. The molecule has 0 unspecified atom stereocenters. The number of imidazole rings is 1. The van der Waals surface area contributed by atoms with Crippen LogP contribution in [-0.2, 0) is 0 Å². The zero-order valence-corrected chi connectivity index (χ0v) is 9.53. The Morgan fingerprint density at radius 1 is 1.50 bits per heavy atom. The number of rotatable bonds is 2. The lowest BCUT2D eigenvalue weighted by Crippen LogP contribution is -1.96. The summed E-state index contributed by atoms with van der Waals surface area (Å²) in [6, 6.07) is 3.82. The van der Waals surface area contributed by atoms with Crippen molar-refractivity contribution in [3.05, 3.63) is 35.4 Å². The fraction of sp³-hybridized carbons (Fsp3) is 0.385. The van der Waals surface area contributed by atoms with Crippen molar-refractivity contribution in [1.82, 2.24) is 9.38 Å². The average Bonchev–Trinajstić information content (AvgIpc) is 3.04. The lowest BCUT2D eigenvalue weighted by atomic mass is 10.2. The summed E-state index contributed by atoms with van der Waals surface area (Å²) in [6.07, 6.45) is 4.46. The smallest absolute Gasteiger partial charge is 0.159 e. The molecule has 3 heteroatoms. The zero-order valence-electron chi connectivity index (χ0n) is 9.53. The van der Waals surface area contributed by atoms with Crippen LogP contribution in [0.4, 0.5) is 0 Å². The zero-order chi connectivity index (χ0) is 11.3. The van der Waals surface area contributed by atoms with Crippen molar-refractivity contribution in [1.29, 1.82) is 0 Å². The van der Waals surface area contributed by atoms with Crippen molar-refractivity contribution in [3.63, 3.8) is 0 Å². The van der Waals surface area contributed by atoms with Gasteiger partial charge in [0.25, 0.3) is 0 Å². The Hall–Kier alpha value is -1.64. The highest BCUT2D eigenvalue weighted by molar-refractivity contribution is 5.95. The molecule has 0 spiro atoms. The summed E-state index contributed by atoms with van der Waals surface area (Å²) in [4.78, 5) is 15.9. The molecule has 0 aromatic carbocycles. The van der Waals surface area contributed by atoms with Crippen LogP contribution in [0.15, 0.2) is 18.3 Å². The number of pyridine rings is 1. The van der Waals surface area contributed by atoms with Gasteiger partial charge in [0, 0.05) is 17.7 Å². The molecule has 1 aliphatic rings. The molecule has 82 valence electrons. The number of ketones is 1. The van der Waals surface area contributed by atoms with Gasteiger partial charge in [0.1, 0.15) is 5.82 Å². The van der Waals surface area contributed by atoms with Crippen LogP contribution in [0.25, 0.3) is 5.52 Å². The first-order valence-corrected chi connectivity index (χ1v) is 5.66. The third-order valence-electron chi connectivity index (χ3n) is 3.20. The van der Waals surface area contributed by atoms with Gasteiger partial charge in [-0.3, -0.25) is 4.79 Å². The number of Topliss-reactive ketones (excluding diaryl/α,β-unsaturated/α-hetero) is 1. The van der Waals surface area contributed by atoms with Crippen LogP contribution in [0.5, 0.6) is 0 Å². The van der Waals surface area contributed by atoms with Crippen molar-refractivity contribution in [2.75, 3.05) is 0 Å². The van der Waals surface area contributed by atoms with E-state index in [1.165, 1.54) is 12.8 Å². The molecule has 2 heterocycles. The maximum absolute atomic E-state index is 11.3. The maximum atomic E-state index is 11.3. The lowest BCUT2D eigenvalue weighted by molar-refractivity contribution is 0.101. The molecule has 3 rings (SSSR count). The second-order valence-corrected chi connectivity index (χ2v) is 4.56. The van der Waals surface area contributed by atoms with Gasteiger partial charge in [-0.2, -0.15) is 0 Å². The standard InChI is InChI=1S/C13H14N2O/c1-8-12-7-11(9(2)16)5-6-15(12)13(14-8)10-3-4-10/h5-7,10H,3-4H2,1-2H3. The van der Waals surface area contributed by atoms with E-state index >= 15 is 0 Å². The average molecular weight is 214 g/mol. The number of aromatic nitrogens is 2. The Balaban J connectivity index is 2.24. The molecule has 0 saturated heterocycles. The van der Waals surface area contributed by atoms with Gasteiger partial charge >= 0.3 is 0 Å². The predicted molar refractivity (Wildman–Crippen MR) is 61.9 cm³/mol. The van der Waals surface area contributed by atoms with E-state index in [4.69, 9.17) is 0 Å². The molecule has 0 amide bonds. The van der Waals surface area contributed by atoms with Gasteiger partial charge < -0.3 is 4.40 Å². The van der Waals surface area contributed by atoms with E-state index in [-0.39, 0.29) is 5.78 Å². The van der Waals surface area contributed by atoms with Crippen LogP contribution in [0.2, 0.25) is 0 Å². The molecule has 1 saturated carbocycles. The van der Waals surface area contributed by atoms with Crippen LogP contribution in [-0.4, -0.2) is 15.2 Å². The Morgan fingerprint density at radius 2 is 2.25 bits per heavy atom. The summed E-state index contributed by atoms with van der Waals surface area (Å²) in [6.45, 7) is 3.60. The normalized spacial score (nSPS) is 15.6. The summed E-state index contributed by atoms with van der Waals surface area (Å²) in [5.74, 6) is 1.89. The Morgan fingerprint density at radius 3 is 2.88 bits per heavy atom. The molecule has 2 aromatic rings. The number of aryl methyl sites for hydroxylation is 1. The van der Waals surface area contributed by atoms with Crippen LogP contribution in [0.1, 0.15) is 47.6 Å². The largest absolute Gasteiger partial charge is 0.303 e. The molecule has 1 fully saturated rings. The molecule has 0 aliphatic heterocycles. The number of hydrogen-bond acceptors (Lipinski definition) is 2. The maximum Gasteiger partial charge on any atom is 0.159 e. The second-order valence-electron chi connectivity index (χ2n) is 4.56. The topological polar surface area (TPSA) is 34.4 Å². The molecule has 1 aliphatic carbocycles. The monoisotopic (exact) mass is 214 g/mol. The van der Waals surface area contributed by atoms with Gasteiger partial charge in [-0.15, -0.1) is 0 Å². The second kappa shape index (κ2) is 3.17. The quantitative estimate of drug-likeness (QED) is 0.720. The Bertz CT molecular complexity index is 579. The van der Waals surface area contributed by atoms with Crippen molar-refractivity contribution in [3.8, 4) is 0 Å². The van der Waals surface area contributed by atoms with Gasteiger partial charge in [0.15, 0.2) is 5.78 Å². The third kappa shape index (κ3) is 1.35. The van der Waals surface area contributed by atoms with E-state index in [0.29, 0.717) is 5.92 Å². The molecular weight excluding hydrogens is 200 g/mol. The molecule has 2 aromatic heterocycles. The highest BCUT2D eigenvalue weighted by Gasteiger charge is 2.28. The summed E-state index contributed by atoms with van der Waals surface area (Å²) >= 11 is 0. The minimum atomic E-state index is 0.107. The van der Waals surface area contributed by atoms with E-state index in [9.17, 15) is 4.79 Å². The van der Waals surface area contributed by atoms with Gasteiger partial charge in [0.2, 0.25) is 0 Å². The molecule has 0 N–H and O–H groups in total. The predicted octanol–water partition coefficient (Wildman–Crippen LogP) is 2.72. The van der Waals surface area contributed by atoms with E-state index < -0.39 is 0 Å². The van der Waals surface area contributed by atoms with Gasteiger partial charge in [0.05, 0.1) is 11.2 Å². The van der Waals surface area contributed by atoms with Crippen LogP contribution < -0.4 is 0 Å². The first kappa shape index (κ1) is 9.58. The van der Waals surface area contributed by atoms with Gasteiger partial charge in [-0.25, -0.2) is 4.98 Å². The van der Waals surface area contributed by atoms with Crippen LogP contribution >= 0.6 is 0 Å². The minimum Gasteiger partial charge on any atom is -0.303 e. The van der Waals surface area contributed by atoms with Crippen molar-refractivity contribution in [2.24, 2.45) is 0 Å². The number of fused-ring (bicyclic) bond motifs is 1. The van der Waals surface area contributed by atoms with E-state index in [1.807, 2.05) is 25.3 Å². The van der Waals surface area contributed by atoms with Crippen LogP contribution in [0, 0.1) is 6.92 Å². The SMILES string of the molecule is CC(=O)c1ccn2c(C3CC3)nc(C)c2c1. The fourth-order valence-corrected chi connectivity index (χ4v) is 2.11. The van der Waals surface area contributed by atoms with E-state index in [1.54, 1.807) is 6.92 Å². The van der Waals surface area contributed by atoms with Crippen LogP contribution in [0.3, 0.4) is 0 Å². The highest BCUT2D eigenvalue weighted by atomic mass is 16.1. The van der Waals surface area contributed by atoms with Crippen molar-refractivity contribution in [2.45, 2.75) is 32.6 Å². The highest BCUT2D eigenvalue weighted by Crippen LogP contribution is 2.39. The third-order valence-corrected chi connectivity index (χ3v) is 3.20. The molecule has 0 atom stereocenters. The Kier molecular flexibility index (Phi) is 1.90. The first-order chi connectivity index (χ1) is 7.66. The minimum absolute atomic E-state index is 0.107. The fourth-order valence-electron chi connectivity index (χ4n) is 2.11. The number of carbonyl (C=O) groups is 1. The number of nitrogens with zero attached hydrogens (tertiary/aromatic N) is 2. The van der Waals surface area contributed by atoms with Crippen molar-refractivity contribution >= 4 is 11.3 Å². The van der Waals surface area contributed by atoms with Gasteiger partial charge in [-0.05, 0) is 38.8 Å².